The van der Waals surface area contributed by atoms with E-state index in [0.717, 1.165) is 0 Å². The minimum Gasteiger partial charge on any atom is -0.358 e. The fourth-order valence-corrected chi connectivity index (χ4v) is 0. The molecule has 0 fully saturated rings. The van der Waals surface area contributed by atoms with Crippen LogP contribution < -0.4 is 0 Å². The average Bonchev–Trinajstić information content (AvgIpc) is 0. The van der Waals surface area contributed by atoms with Crippen molar-refractivity contribution in [3.8, 4) is 0 Å². The van der Waals surface area contributed by atoms with Crippen LogP contribution in [0.15, 0.2) is 0 Å². The van der Waals surface area contributed by atoms with Crippen molar-refractivity contribution in [2.45, 2.75) is 14.9 Å². The zero-order valence-electron chi connectivity index (χ0n) is 4.99. The number of hydrogen-bond acceptors (Lipinski definition) is 0. The molecule has 0 amide bonds. The van der Waals surface area contributed by atoms with Crippen LogP contribution in [0, 0.1) is 29.7 Å². The van der Waals surface area contributed by atoms with Crippen LogP contribution in [0.2, 0.25) is 0 Å². The number of rotatable bonds is 0. The van der Waals surface area contributed by atoms with Gasteiger partial charge in [0, 0.05) is 21.1 Å². The molecule has 0 N–H and O–H groups in total. The predicted molar refractivity (Wildman–Crippen MR) is 39.1 cm³/mol. The second-order valence-corrected chi connectivity index (χ2v) is 0. The molecule has 0 aromatic rings. The van der Waals surface area contributed by atoms with Gasteiger partial charge in [0.1, 0.15) is 0 Å². The summed E-state index contributed by atoms with van der Waals surface area (Å²) in [6, 6.07) is 0. The Bertz CT molecular complexity index is 8.49. The molecule has 0 aromatic carbocycles. The molecule has 0 saturated heterocycles. The summed E-state index contributed by atoms with van der Waals surface area (Å²) >= 11 is 0. The second-order valence-electron chi connectivity index (χ2n) is 0. The van der Waals surface area contributed by atoms with Crippen LogP contribution in [-0.4, -0.2) is 0 Å². The minimum absolute atomic E-state index is 0. The van der Waals surface area contributed by atoms with Gasteiger partial charge in [0.15, 0.2) is 0 Å². The molecule has 0 spiro atoms. The van der Waals surface area contributed by atoms with Gasteiger partial charge in [0.05, 0.1) is 0 Å². The van der Waals surface area contributed by atoms with Gasteiger partial charge in [0.2, 0.25) is 0 Å². The van der Waals surface area contributed by atoms with Gasteiger partial charge in [-0.15, -0.1) is 0 Å². The van der Waals surface area contributed by atoms with Crippen LogP contribution in [0.3, 0.4) is 0 Å². The Morgan fingerprint density at radius 1 is 0.500 bits per heavy atom. The quantitative estimate of drug-likeness (QED) is 0.579. The molecule has 0 rings (SSSR count). The van der Waals surface area contributed by atoms with Crippen molar-refractivity contribution < 1.29 is 53.8 Å². The SMILES string of the molecule is C.C.[CH3-].[CH3-].[CH3-].[CH3-].[W].[Y+3]. The molecule has 0 atom stereocenters. The first-order chi connectivity index (χ1) is 0. The van der Waals surface area contributed by atoms with Crippen LogP contribution in [-0.2, 0) is 53.8 Å². The van der Waals surface area contributed by atoms with Gasteiger partial charge in [-0.3, -0.25) is 0 Å². The fourth-order valence-electron chi connectivity index (χ4n) is 0. The van der Waals surface area contributed by atoms with Crippen molar-refractivity contribution in [1.29, 1.82) is 0 Å². The maximum absolute atomic E-state index is 0. The van der Waals surface area contributed by atoms with Crippen molar-refractivity contribution >= 4 is 0 Å². The van der Waals surface area contributed by atoms with E-state index >= 15 is 0 Å². The third kappa shape index (κ3) is 112. The summed E-state index contributed by atoms with van der Waals surface area (Å²) in [4.78, 5) is 0. The van der Waals surface area contributed by atoms with Gasteiger partial charge in [-0.25, -0.2) is 0 Å². The minimum atomic E-state index is 0. The predicted octanol–water partition coefficient (Wildman–Crippen LogP) is 3.07. The first-order valence-corrected chi connectivity index (χ1v) is 0. The summed E-state index contributed by atoms with van der Waals surface area (Å²) in [5.74, 6) is 0. The standard InChI is InChI=1S/2CH4.4CH3.W.Y/h2*1H4;4*1H3;;/q;;4*-1;;+3. The summed E-state index contributed by atoms with van der Waals surface area (Å²) in [5.41, 5.74) is 0. The largest absolute Gasteiger partial charge is 3.00 e. The summed E-state index contributed by atoms with van der Waals surface area (Å²) in [5, 5.41) is 0. The maximum Gasteiger partial charge on any atom is 3.00 e. The Balaban J connectivity index is 0. The van der Waals surface area contributed by atoms with Crippen molar-refractivity contribution in [2.24, 2.45) is 0 Å². The van der Waals surface area contributed by atoms with Crippen LogP contribution in [0.25, 0.3) is 0 Å². The molecule has 0 aliphatic rings. The van der Waals surface area contributed by atoms with Gasteiger partial charge < -0.3 is 29.7 Å². The van der Waals surface area contributed by atoms with Crippen molar-refractivity contribution in [1.82, 2.24) is 0 Å². The smallest absolute Gasteiger partial charge is 0.358 e. The normalized spacial score (nSPS) is 0. The molecule has 0 aliphatic heterocycles. The molecule has 2 heteroatoms. The first-order valence-electron chi connectivity index (χ1n) is 0. The maximum atomic E-state index is 0. The van der Waals surface area contributed by atoms with Gasteiger partial charge in [-0.2, -0.15) is 0 Å². The average molecular weight is 365 g/mol. The Labute approximate surface area is 97.4 Å². The van der Waals surface area contributed by atoms with Crippen molar-refractivity contribution in [3.63, 3.8) is 0 Å². The molecule has 0 nitrogen and oxygen atoms in total. The van der Waals surface area contributed by atoms with E-state index < -0.39 is 0 Å². The zero-order chi connectivity index (χ0) is 0. The molecule has 0 aliphatic carbocycles. The zero-order valence-corrected chi connectivity index (χ0v) is 10.8. The van der Waals surface area contributed by atoms with E-state index in [-0.39, 0.29) is 98.3 Å². The van der Waals surface area contributed by atoms with Crippen molar-refractivity contribution in [3.05, 3.63) is 29.7 Å². The Hall–Kier alpha value is 1.79. The molecule has 0 aromatic heterocycles. The van der Waals surface area contributed by atoms with E-state index in [1.54, 1.807) is 0 Å². The van der Waals surface area contributed by atoms with E-state index in [1.165, 1.54) is 0 Å². The monoisotopic (exact) mass is 365 g/mol. The van der Waals surface area contributed by atoms with E-state index in [1.807, 2.05) is 0 Å². The van der Waals surface area contributed by atoms with Crippen LogP contribution in [0.1, 0.15) is 14.9 Å². The molecular formula is C6H20WY-. The van der Waals surface area contributed by atoms with E-state index in [9.17, 15) is 0 Å². The molecular weight excluding hydrogens is 345 g/mol. The topological polar surface area (TPSA) is 0 Å². The number of hydrogen-bond donors (Lipinski definition) is 0. The molecule has 0 heterocycles. The summed E-state index contributed by atoms with van der Waals surface area (Å²) in [6.07, 6.45) is 0. The van der Waals surface area contributed by atoms with Crippen molar-refractivity contribution in [2.75, 3.05) is 0 Å². The Morgan fingerprint density at radius 3 is 0.500 bits per heavy atom. The fraction of sp³-hybridized carbons (Fsp3) is 0.333. The molecule has 0 saturated carbocycles. The third-order valence-corrected chi connectivity index (χ3v) is 0. The van der Waals surface area contributed by atoms with Gasteiger partial charge in [0.25, 0.3) is 0 Å². The van der Waals surface area contributed by atoms with E-state index in [4.69, 9.17) is 0 Å². The molecule has 0 unspecified atom stereocenters. The first kappa shape index (κ1) is 236. The summed E-state index contributed by atoms with van der Waals surface area (Å²) in [7, 11) is 0. The van der Waals surface area contributed by atoms with Gasteiger partial charge >= 0.3 is 32.7 Å². The third-order valence-electron chi connectivity index (χ3n) is 0. The van der Waals surface area contributed by atoms with Crippen LogP contribution in [0.5, 0.6) is 0 Å². The van der Waals surface area contributed by atoms with Crippen LogP contribution in [0.4, 0.5) is 0 Å². The van der Waals surface area contributed by atoms with Gasteiger partial charge in [-0.05, 0) is 0 Å². The Kier molecular flexibility index (Phi) is 4900. The molecule has 54 valence electrons. The second kappa shape index (κ2) is 166. The molecule has 0 bridgehead atoms. The van der Waals surface area contributed by atoms with Crippen LogP contribution >= 0.6 is 0 Å². The van der Waals surface area contributed by atoms with Gasteiger partial charge in [-0.1, -0.05) is 14.9 Å². The van der Waals surface area contributed by atoms with E-state index in [2.05, 4.69) is 0 Å². The summed E-state index contributed by atoms with van der Waals surface area (Å²) in [6.45, 7) is 0. The summed E-state index contributed by atoms with van der Waals surface area (Å²) < 4.78 is 0. The molecule has 0 radical (unpaired) electrons. The van der Waals surface area contributed by atoms with E-state index in [0.29, 0.717) is 0 Å². The molecule has 8 heavy (non-hydrogen) atoms. The Morgan fingerprint density at radius 2 is 0.500 bits per heavy atom.